The van der Waals surface area contributed by atoms with Crippen LogP contribution >= 0.6 is 35.0 Å². The Morgan fingerprint density at radius 3 is 2.36 bits per heavy atom. The maximum Gasteiger partial charge on any atom is 0.137 e. The van der Waals surface area contributed by atoms with E-state index in [2.05, 4.69) is 48.1 Å². The minimum absolute atomic E-state index is 0.268. The molecule has 0 spiro atoms. The molecule has 4 rings (SSSR count). The number of aromatic nitrogens is 1. The summed E-state index contributed by atoms with van der Waals surface area (Å²) < 4.78 is 6.21. The fraction of sp³-hybridized carbons (Fsp3) is 0.269. The number of ether oxygens (including phenoxy) is 1. The molecule has 33 heavy (non-hydrogen) atoms. The topological polar surface area (TPSA) is 37.4 Å². The van der Waals surface area contributed by atoms with Crippen LogP contribution in [0.25, 0.3) is 0 Å². The number of halogens is 2. The first-order valence-corrected chi connectivity index (χ1v) is 12.4. The third-order valence-electron chi connectivity index (χ3n) is 5.33. The summed E-state index contributed by atoms with van der Waals surface area (Å²) in [5.41, 5.74) is 1.75. The molecule has 172 valence electrons. The monoisotopic (exact) mass is 499 g/mol. The number of hydrogen-bond donors (Lipinski definition) is 1. The van der Waals surface area contributed by atoms with Gasteiger partial charge in [0.15, 0.2) is 0 Å². The van der Waals surface area contributed by atoms with Crippen LogP contribution in [0.4, 0.5) is 5.82 Å². The second-order valence-electron chi connectivity index (χ2n) is 8.48. The Morgan fingerprint density at radius 1 is 1.03 bits per heavy atom. The van der Waals surface area contributed by atoms with Crippen molar-refractivity contribution >= 4 is 40.8 Å². The Morgan fingerprint density at radius 2 is 1.73 bits per heavy atom. The molecule has 0 saturated heterocycles. The predicted molar refractivity (Wildman–Crippen MR) is 139 cm³/mol. The maximum atomic E-state index is 6.30. The fourth-order valence-electron chi connectivity index (χ4n) is 3.82. The Hall–Kier alpha value is -2.18. The van der Waals surface area contributed by atoms with Crippen LogP contribution in [-0.4, -0.2) is 17.3 Å². The molecule has 0 radical (unpaired) electrons. The van der Waals surface area contributed by atoms with Gasteiger partial charge in [0.25, 0.3) is 0 Å². The summed E-state index contributed by atoms with van der Waals surface area (Å²) in [5.74, 6) is 1.12. The molecule has 2 aromatic carbocycles. The number of nitrogens with one attached hydrogen (secondary N) is 1. The molecule has 1 atom stereocenters. The van der Waals surface area contributed by atoms with Gasteiger partial charge in [-0.25, -0.2) is 4.98 Å². The second kappa shape index (κ2) is 10.4. The molecule has 0 amide bonds. The first kappa shape index (κ1) is 24.0. The van der Waals surface area contributed by atoms with Crippen molar-refractivity contribution in [1.82, 2.24) is 10.3 Å². The first-order valence-electron chi connectivity index (χ1n) is 10.8. The van der Waals surface area contributed by atoms with Gasteiger partial charge in [-0.15, -0.1) is 0 Å². The van der Waals surface area contributed by atoms with E-state index < -0.39 is 5.66 Å². The van der Waals surface area contributed by atoms with E-state index in [1.807, 2.05) is 54.7 Å². The summed E-state index contributed by atoms with van der Waals surface area (Å²) in [4.78, 5) is 7.87. The minimum Gasteiger partial charge on any atom is -0.372 e. The number of pyridine rings is 1. The van der Waals surface area contributed by atoms with Crippen molar-refractivity contribution in [2.75, 3.05) is 11.5 Å². The molecule has 3 aromatic rings. The lowest BCUT2D eigenvalue weighted by molar-refractivity contribution is 0.0725. The molecule has 0 fully saturated rings. The van der Waals surface area contributed by atoms with Crippen LogP contribution in [0.15, 0.2) is 88.5 Å². The third kappa shape index (κ3) is 5.67. The van der Waals surface area contributed by atoms with E-state index in [4.69, 9.17) is 27.9 Å². The molecule has 1 aliphatic heterocycles. The Kier molecular flexibility index (Phi) is 7.55. The molecule has 1 N–H and O–H groups in total. The van der Waals surface area contributed by atoms with Crippen LogP contribution in [0.1, 0.15) is 26.3 Å². The van der Waals surface area contributed by atoms with Crippen molar-refractivity contribution in [2.24, 2.45) is 5.92 Å². The van der Waals surface area contributed by atoms with E-state index in [-0.39, 0.29) is 5.92 Å². The highest BCUT2D eigenvalue weighted by Crippen LogP contribution is 2.44. The zero-order valence-corrected chi connectivity index (χ0v) is 21.2. The predicted octanol–water partition coefficient (Wildman–Crippen LogP) is 7.35. The highest BCUT2D eigenvalue weighted by Gasteiger charge is 2.44. The van der Waals surface area contributed by atoms with Crippen LogP contribution < -0.4 is 10.2 Å². The van der Waals surface area contributed by atoms with E-state index in [1.165, 1.54) is 0 Å². The van der Waals surface area contributed by atoms with Gasteiger partial charge in [-0.05, 0) is 48.7 Å². The van der Waals surface area contributed by atoms with Crippen molar-refractivity contribution < 1.29 is 4.74 Å². The molecule has 0 aliphatic carbocycles. The minimum atomic E-state index is -0.520. The lowest BCUT2D eigenvalue weighted by atomic mass is 10.1. The van der Waals surface area contributed by atoms with Crippen molar-refractivity contribution in [3.63, 3.8) is 0 Å². The standard InChI is InChI=1S/C26H27Cl2N3OS/c1-18(2)24-25(33-22-14-20(27)13-21(28)15-22)31(23-11-7-8-12-29-23)26(3,30-24)17-32-16-19-9-5-4-6-10-19/h4-15,18,30H,16-17H2,1-3H3. The number of allylic oxidation sites excluding steroid dienone is 1. The number of hydrogen-bond acceptors (Lipinski definition) is 5. The zero-order valence-electron chi connectivity index (χ0n) is 18.9. The number of rotatable bonds is 8. The summed E-state index contributed by atoms with van der Waals surface area (Å²) in [6.07, 6.45) is 1.81. The maximum absolute atomic E-state index is 6.30. The Balaban J connectivity index is 1.67. The second-order valence-corrected chi connectivity index (χ2v) is 10.4. The molecule has 1 aromatic heterocycles. The van der Waals surface area contributed by atoms with Gasteiger partial charge in [0.2, 0.25) is 0 Å². The number of nitrogens with zero attached hydrogens (tertiary/aromatic N) is 2. The summed E-state index contributed by atoms with van der Waals surface area (Å²) in [5, 5.41) is 6.04. The van der Waals surface area contributed by atoms with E-state index in [0.717, 1.165) is 27.0 Å². The van der Waals surface area contributed by atoms with Gasteiger partial charge >= 0.3 is 0 Å². The highest BCUT2D eigenvalue weighted by atomic mass is 35.5. The van der Waals surface area contributed by atoms with Gasteiger partial charge in [-0.3, -0.25) is 4.90 Å². The first-order chi connectivity index (χ1) is 15.9. The van der Waals surface area contributed by atoms with Gasteiger partial charge in [0.05, 0.1) is 13.2 Å². The van der Waals surface area contributed by atoms with Crippen LogP contribution in [0.2, 0.25) is 10.0 Å². The zero-order chi connectivity index (χ0) is 23.4. The molecule has 2 heterocycles. The number of thioether (sulfide) groups is 1. The quantitative estimate of drug-likeness (QED) is 0.350. The Labute approximate surface area is 210 Å². The summed E-state index contributed by atoms with van der Waals surface area (Å²) in [6.45, 7) is 7.52. The van der Waals surface area contributed by atoms with E-state index in [0.29, 0.717) is 23.3 Å². The molecule has 1 unspecified atom stereocenters. The smallest absolute Gasteiger partial charge is 0.137 e. The van der Waals surface area contributed by atoms with Gasteiger partial charge in [-0.2, -0.15) is 0 Å². The Bertz CT molecular complexity index is 1100. The van der Waals surface area contributed by atoms with Crippen LogP contribution in [0.3, 0.4) is 0 Å². The van der Waals surface area contributed by atoms with Crippen molar-refractivity contribution in [3.05, 3.63) is 99.3 Å². The van der Waals surface area contributed by atoms with E-state index >= 15 is 0 Å². The number of benzene rings is 2. The average molecular weight is 500 g/mol. The largest absolute Gasteiger partial charge is 0.372 e. The summed E-state index contributed by atoms with van der Waals surface area (Å²) in [6, 6.07) is 21.8. The average Bonchev–Trinajstić information content (AvgIpc) is 3.06. The van der Waals surface area contributed by atoms with Crippen LogP contribution in [-0.2, 0) is 11.3 Å². The molecular formula is C26H27Cl2N3OS. The molecule has 0 saturated carbocycles. The van der Waals surface area contributed by atoms with Crippen molar-refractivity contribution in [1.29, 1.82) is 0 Å². The van der Waals surface area contributed by atoms with Crippen LogP contribution in [0.5, 0.6) is 0 Å². The molecule has 1 aliphatic rings. The molecule has 0 bridgehead atoms. The molecule has 7 heteroatoms. The summed E-state index contributed by atoms with van der Waals surface area (Å²) in [7, 11) is 0. The van der Waals surface area contributed by atoms with Crippen molar-refractivity contribution in [3.8, 4) is 0 Å². The van der Waals surface area contributed by atoms with Gasteiger partial charge in [0, 0.05) is 26.8 Å². The fourth-order valence-corrected chi connectivity index (χ4v) is 5.85. The number of anilines is 1. The van der Waals surface area contributed by atoms with Gasteiger partial charge < -0.3 is 10.1 Å². The molecule has 4 nitrogen and oxygen atoms in total. The lowest BCUT2D eigenvalue weighted by Crippen LogP contribution is -2.54. The normalized spacial score (nSPS) is 18.2. The lowest BCUT2D eigenvalue weighted by Gasteiger charge is -2.37. The van der Waals surface area contributed by atoms with Gasteiger partial charge in [-0.1, -0.05) is 85.2 Å². The van der Waals surface area contributed by atoms with E-state index in [1.54, 1.807) is 17.8 Å². The van der Waals surface area contributed by atoms with Gasteiger partial charge in [0.1, 0.15) is 16.5 Å². The highest BCUT2D eigenvalue weighted by molar-refractivity contribution is 8.03. The molecular weight excluding hydrogens is 473 g/mol. The van der Waals surface area contributed by atoms with Crippen molar-refractivity contribution in [2.45, 2.75) is 37.9 Å². The summed E-state index contributed by atoms with van der Waals surface area (Å²) >= 11 is 14.2. The van der Waals surface area contributed by atoms with E-state index in [9.17, 15) is 0 Å². The SMILES string of the molecule is CC(C)C1=C(Sc2cc(Cl)cc(Cl)c2)N(c2ccccn2)C(C)(COCc2ccccc2)N1. The van der Waals surface area contributed by atoms with Crippen LogP contribution in [0, 0.1) is 5.92 Å². The third-order valence-corrected chi connectivity index (χ3v) is 6.84.